The fourth-order valence-electron chi connectivity index (χ4n) is 1.73. The highest BCUT2D eigenvalue weighted by atomic mass is 15.0. The Hall–Kier alpha value is -1.25. The van der Waals surface area contributed by atoms with Crippen molar-refractivity contribution in [2.24, 2.45) is 5.92 Å². The summed E-state index contributed by atoms with van der Waals surface area (Å²) in [4.78, 5) is 4.41. The number of nitrogens with zero attached hydrogens (tertiary/aromatic N) is 1. The van der Waals surface area contributed by atoms with E-state index in [1.165, 1.54) is 12.8 Å². The number of hydrogen-bond acceptors (Lipinski definition) is 3. The molecule has 90 valence electrons. The fourth-order valence-corrected chi connectivity index (χ4v) is 1.73. The van der Waals surface area contributed by atoms with Crippen LogP contribution in [0.2, 0.25) is 0 Å². The number of aryl methyl sites for hydroxylation is 1. The second-order valence-electron chi connectivity index (χ2n) is 4.67. The van der Waals surface area contributed by atoms with Crippen LogP contribution in [0.4, 0.5) is 11.5 Å². The van der Waals surface area contributed by atoms with Gasteiger partial charge < -0.3 is 11.1 Å². The minimum absolute atomic E-state index is 0.450. The van der Waals surface area contributed by atoms with Crippen molar-refractivity contribution < 1.29 is 0 Å². The van der Waals surface area contributed by atoms with Gasteiger partial charge in [-0.15, -0.1) is 0 Å². The lowest BCUT2D eigenvalue weighted by molar-refractivity contribution is 0.483. The molecule has 2 atom stereocenters. The molecule has 0 saturated carbocycles. The summed E-state index contributed by atoms with van der Waals surface area (Å²) in [7, 11) is 0. The van der Waals surface area contributed by atoms with E-state index in [9.17, 15) is 0 Å². The van der Waals surface area contributed by atoms with Crippen molar-refractivity contribution in [3.8, 4) is 0 Å². The first kappa shape index (κ1) is 12.8. The zero-order valence-electron chi connectivity index (χ0n) is 10.7. The van der Waals surface area contributed by atoms with Crippen LogP contribution in [0.1, 0.15) is 39.3 Å². The molecule has 0 spiro atoms. The Kier molecular flexibility index (Phi) is 4.59. The molecule has 0 radical (unpaired) electrons. The van der Waals surface area contributed by atoms with Crippen LogP contribution in [0.3, 0.4) is 0 Å². The van der Waals surface area contributed by atoms with Gasteiger partial charge in [0.2, 0.25) is 0 Å². The van der Waals surface area contributed by atoms with Gasteiger partial charge in [-0.1, -0.05) is 20.3 Å². The van der Waals surface area contributed by atoms with Gasteiger partial charge in [-0.25, -0.2) is 4.98 Å². The standard InChI is InChI=1S/C13H23N3/c1-5-9(2)8-10(3)15-13-7-6-12(14)11(4)16-13/h6-7,9-10H,5,8,14H2,1-4H3,(H,15,16). The average molecular weight is 221 g/mol. The molecule has 0 aromatic carbocycles. The van der Waals surface area contributed by atoms with Crippen molar-refractivity contribution in [3.63, 3.8) is 0 Å². The molecule has 16 heavy (non-hydrogen) atoms. The number of nitrogens with one attached hydrogen (secondary N) is 1. The van der Waals surface area contributed by atoms with Crippen molar-refractivity contribution in [1.82, 2.24) is 4.98 Å². The number of aromatic nitrogens is 1. The SMILES string of the molecule is CCC(C)CC(C)Nc1ccc(N)c(C)n1. The Morgan fingerprint density at radius 3 is 2.62 bits per heavy atom. The summed E-state index contributed by atoms with van der Waals surface area (Å²) in [5.41, 5.74) is 7.37. The van der Waals surface area contributed by atoms with Crippen molar-refractivity contribution in [1.29, 1.82) is 0 Å². The largest absolute Gasteiger partial charge is 0.397 e. The van der Waals surface area contributed by atoms with E-state index < -0.39 is 0 Å². The third kappa shape index (κ3) is 3.72. The van der Waals surface area contributed by atoms with Gasteiger partial charge in [0.1, 0.15) is 5.82 Å². The molecule has 0 aliphatic rings. The van der Waals surface area contributed by atoms with Crippen LogP contribution in [0.25, 0.3) is 0 Å². The predicted molar refractivity (Wildman–Crippen MR) is 70.5 cm³/mol. The second kappa shape index (κ2) is 5.73. The zero-order valence-corrected chi connectivity index (χ0v) is 10.7. The molecule has 0 bridgehead atoms. The van der Waals surface area contributed by atoms with E-state index >= 15 is 0 Å². The first-order valence-corrected chi connectivity index (χ1v) is 6.02. The predicted octanol–water partition coefficient (Wildman–Crippen LogP) is 3.21. The van der Waals surface area contributed by atoms with Crippen LogP contribution in [0.5, 0.6) is 0 Å². The summed E-state index contributed by atoms with van der Waals surface area (Å²) in [6.45, 7) is 8.63. The number of nitrogens with two attached hydrogens (primary N) is 1. The highest BCUT2D eigenvalue weighted by Crippen LogP contribution is 2.16. The van der Waals surface area contributed by atoms with Crippen LogP contribution in [0.15, 0.2) is 12.1 Å². The Labute approximate surface area is 98.5 Å². The molecule has 3 heteroatoms. The molecule has 0 amide bonds. The summed E-state index contributed by atoms with van der Waals surface area (Å²) < 4.78 is 0. The molecule has 1 rings (SSSR count). The quantitative estimate of drug-likeness (QED) is 0.802. The molecule has 1 aromatic heterocycles. The van der Waals surface area contributed by atoms with Gasteiger partial charge in [0.15, 0.2) is 0 Å². The number of hydrogen-bond donors (Lipinski definition) is 2. The van der Waals surface area contributed by atoms with Crippen LogP contribution in [0, 0.1) is 12.8 Å². The smallest absolute Gasteiger partial charge is 0.126 e. The van der Waals surface area contributed by atoms with Gasteiger partial charge in [-0.05, 0) is 38.3 Å². The zero-order chi connectivity index (χ0) is 12.1. The maximum Gasteiger partial charge on any atom is 0.126 e. The summed E-state index contributed by atoms with van der Waals surface area (Å²) >= 11 is 0. The summed E-state index contributed by atoms with van der Waals surface area (Å²) in [5.74, 6) is 1.67. The van der Waals surface area contributed by atoms with Crippen LogP contribution >= 0.6 is 0 Å². The first-order valence-electron chi connectivity index (χ1n) is 6.02. The summed E-state index contributed by atoms with van der Waals surface area (Å²) in [6, 6.07) is 4.29. The third-order valence-electron chi connectivity index (χ3n) is 2.97. The Morgan fingerprint density at radius 1 is 1.38 bits per heavy atom. The average Bonchev–Trinajstić information content (AvgIpc) is 2.23. The van der Waals surface area contributed by atoms with Gasteiger partial charge in [-0.3, -0.25) is 0 Å². The van der Waals surface area contributed by atoms with Crippen LogP contribution in [-0.2, 0) is 0 Å². The molecular weight excluding hydrogens is 198 g/mol. The molecule has 1 heterocycles. The normalized spacial score (nSPS) is 14.5. The molecule has 1 aromatic rings. The van der Waals surface area contributed by atoms with Gasteiger partial charge >= 0.3 is 0 Å². The maximum absolute atomic E-state index is 5.73. The lowest BCUT2D eigenvalue weighted by Gasteiger charge is -2.18. The maximum atomic E-state index is 5.73. The van der Waals surface area contributed by atoms with Crippen LogP contribution < -0.4 is 11.1 Å². The lowest BCUT2D eigenvalue weighted by atomic mass is 10.0. The minimum Gasteiger partial charge on any atom is -0.397 e. The molecule has 0 fully saturated rings. The van der Waals surface area contributed by atoms with Crippen molar-refractivity contribution >= 4 is 11.5 Å². The fraction of sp³-hybridized carbons (Fsp3) is 0.615. The van der Waals surface area contributed by atoms with Gasteiger partial charge in [0, 0.05) is 6.04 Å². The van der Waals surface area contributed by atoms with E-state index in [0.29, 0.717) is 6.04 Å². The molecule has 2 unspecified atom stereocenters. The lowest BCUT2D eigenvalue weighted by Crippen LogP contribution is -2.19. The molecular formula is C13H23N3. The Balaban J connectivity index is 2.56. The summed E-state index contributed by atoms with van der Waals surface area (Å²) in [6.07, 6.45) is 2.39. The molecule has 0 aliphatic carbocycles. The minimum atomic E-state index is 0.450. The van der Waals surface area contributed by atoms with Gasteiger partial charge in [0.05, 0.1) is 11.4 Å². The Bertz CT molecular complexity index is 336. The Morgan fingerprint density at radius 2 is 2.06 bits per heavy atom. The molecule has 3 nitrogen and oxygen atoms in total. The van der Waals surface area contributed by atoms with E-state index in [2.05, 4.69) is 31.1 Å². The highest BCUT2D eigenvalue weighted by molar-refractivity contribution is 5.49. The van der Waals surface area contributed by atoms with E-state index in [4.69, 9.17) is 5.73 Å². The number of nitrogen functional groups attached to an aromatic ring is 1. The molecule has 0 aliphatic heterocycles. The molecule has 0 saturated heterocycles. The highest BCUT2D eigenvalue weighted by Gasteiger charge is 2.08. The second-order valence-corrected chi connectivity index (χ2v) is 4.67. The van der Waals surface area contributed by atoms with Crippen molar-refractivity contribution in [2.45, 2.75) is 46.6 Å². The van der Waals surface area contributed by atoms with E-state index in [-0.39, 0.29) is 0 Å². The van der Waals surface area contributed by atoms with Crippen molar-refractivity contribution in [2.75, 3.05) is 11.1 Å². The third-order valence-corrected chi connectivity index (χ3v) is 2.97. The number of anilines is 2. The number of rotatable bonds is 5. The monoisotopic (exact) mass is 221 g/mol. The van der Waals surface area contributed by atoms with Gasteiger partial charge in [-0.2, -0.15) is 0 Å². The number of pyridine rings is 1. The van der Waals surface area contributed by atoms with E-state index in [1.807, 2.05) is 19.1 Å². The van der Waals surface area contributed by atoms with E-state index in [0.717, 1.165) is 23.1 Å². The van der Waals surface area contributed by atoms with Crippen molar-refractivity contribution in [3.05, 3.63) is 17.8 Å². The topological polar surface area (TPSA) is 50.9 Å². The van der Waals surface area contributed by atoms with Gasteiger partial charge in [0.25, 0.3) is 0 Å². The molecule has 3 N–H and O–H groups in total. The van der Waals surface area contributed by atoms with E-state index in [1.54, 1.807) is 0 Å². The van der Waals surface area contributed by atoms with Crippen LogP contribution in [-0.4, -0.2) is 11.0 Å². The summed E-state index contributed by atoms with van der Waals surface area (Å²) in [5, 5.41) is 3.41. The first-order chi connectivity index (χ1) is 7.52.